The zero-order valence-electron chi connectivity index (χ0n) is 9.08. The van der Waals surface area contributed by atoms with Gasteiger partial charge in [0, 0.05) is 17.1 Å². The summed E-state index contributed by atoms with van der Waals surface area (Å²) in [7, 11) is 0. The van der Waals surface area contributed by atoms with Crippen molar-refractivity contribution < 1.29 is 54.8 Å². The van der Waals surface area contributed by atoms with Crippen molar-refractivity contribution in [3.05, 3.63) is 72.8 Å². The minimum atomic E-state index is 0. The Balaban J connectivity index is -0.000000160. The summed E-state index contributed by atoms with van der Waals surface area (Å²) >= 11 is 0. The van der Waals surface area contributed by atoms with Gasteiger partial charge in [0.05, 0.1) is 0 Å². The Morgan fingerprint density at radius 1 is 0.467 bits per heavy atom. The number of hydrogen-bond donors (Lipinski definition) is 0. The average Bonchev–Trinajstić information content (AvgIpc) is 2.24. The van der Waals surface area contributed by atoms with Crippen molar-refractivity contribution in [2.24, 2.45) is 0 Å². The summed E-state index contributed by atoms with van der Waals surface area (Å²) < 4.78 is 0. The van der Waals surface area contributed by atoms with Gasteiger partial charge in [-0.2, -0.15) is 72.8 Å². The first kappa shape index (κ1) is 20.6. The van der Waals surface area contributed by atoms with Gasteiger partial charge in [-0.15, -0.1) is 0 Å². The zero-order chi connectivity index (χ0) is 8.49. The SMILES string of the molecule is [Cu].[Li+].[Li+].[c-]1ccccc1.[c-]1ccccc1. The fraction of sp³-hybridized carbons (Fsp3) is 0. The van der Waals surface area contributed by atoms with Crippen LogP contribution in [0.4, 0.5) is 0 Å². The topological polar surface area (TPSA) is 0 Å². The molecular formula is C12H10CuLi2. The van der Waals surface area contributed by atoms with Gasteiger partial charge >= 0.3 is 37.7 Å². The molecule has 2 rings (SSSR count). The van der Waals surface area contributed by atoms with E-state index in [1.165, 1.54) is 0 Å². The Kier molecular flexibility index (Phi) is 22.7. The van der Waals surface area contributed by atoms with Gasteiger partial charge in [-0.1, -0.05) is 0 Å². The molecule has 0 fully saturated rings. The molecule has 0 aliphatic heterocycles. The second kappa shape index (κ2) is 16.6. The molecule has 0 nitrogen and oxygen atoms in total. The first-order valence-corrected chi connectivity index (χ1v) is 3.82. The van der Waals surface area contributed by atoms with Crippen molar-refractivity contribution in [2.45, 2.75) is 0 Å². The molecule has 0 N–H and O–H groups in total. The maximum absolute atomic E-state index is 2.89. The molecule has 0 aliphatic rings. The predicted molar refractivity (Wildman–Crippen MR) is 50.6 cm³/mol. The molecule has 0 spiro atoms. The summed E-state index contributed by atoms with van der Waals surface area (Å²) in [5.74, 6) is 0. The van der Waals surface area contributed by atoms with Gasteiger partial charge in [0.25, 0.3) is 0 Å². The van der Waals surface area contributed by atoms with Crippen LogP contribution < -0.4 is 37.7 Å². The molecule has 0 saturated carbocycles. The van der Waals surface area contributed by atoms with Crippen LogP contribution in [-0.4, -0.2) is 0 Å². The van der Waals surface area contributed by atoms with E-state index in [0.717, 1.165) is 0 Å². The van der Waals surface area contributed by atoms with E-state index in [4.69, 9.17) is 0 Å². The van der Waals surface area contributed by atoms with E-state index in [1.807, 2.05) is 60.7 Å². The number of hydrogen-bond acceptors (Lipinski definition) is 0. The quantitative estimate of drug-likeness (QED) is 0.335. The van der Waals surface area contributed by atoms with Crippen molar-refractivity contribution >= 4 is 0 Å². The van der Waals surface area contributed by atoms with E-state index in [2.05, 4.69) is 12.1 Å². The summed E-state index contributed by atoms with van der Waals surface area (Å²) in [6.07, 6.45) is 0. The van der Waals surface area contributed by atoms with Crippen LogP contribution in [0.1, 0.15) is 0 Å². The smallest absolute Gasteiger partial charge is 0.184 e. The van der Waals surface area contributed by atoms with E-state index in [9.17, 15) is 0 Å². The second-order valence-electron chi connectivity index (χ2n) is 2.15. The molecule has 0 amide bonds. The maximum Gasteiger partial charge on any atom is 1.00 e. The second-order valence-corrected chi connectivity index (χ2v) is 2.15. The zero-order valence-corrected chi connectivity index (χ0v) is 10.0. The van der Waals surface area contributed by atoms with Crippen molar-refractivity contribution in [3.8, 4) is 0 Å². The van der Waals surface area contributed by atoms with Crippen LogP contribution in [0.15, 0.2) is 60.7 Å². The van der Waals surface area contributed by atoms with Crippen LogP contribution >= 0.6 is 0 Å². The molecule has 3 heteroatoms. The molecule has 0 heterocycles. The molecule has 71 valence electrons. The van der Waals surface area contributed by atoms with Crippen LogP contribution in [0.2, 0.25) is 0 Å². The summed E-state index contributed by atoms with van der Waals surface area (Å²) in [5.41, 5.74) is 0. The van der Waals surface area contributed by atoms with E-state index < -0.39 is 0 Å². The molecule has 15 heavy (non-hydrogen) atoms. The standard InChI is InChI=1S/2C6H5.Cu.2Li/c2*1-2-4-6-5-3-1;;;/h2*1-5H;;;/q2*-1;;2*+1. The minimum Gasteiger partial charge on any atom is -0.184 e. The van der Waals surface area contributed by atoms with Crippen LogP contribution in [-0.2, 0) is 17.1 Å². The largest absolute Gasteiger partial charge is 1.00 e. The monoisotopic (exact) mass is 231 g/mol. The minimum absolute atomic E-state index is 0. The van der Waals surface area contributed by atoms with E-state index in [-0.39, 0.29) is 54.8 Å². The van der Waals surface area contributed by atoms with Gasteiger partial charge in [-0.25, -0.2) is 0 Å². The third-order valence-electron chi connectivity index (χ3n) is 1.21. The molecule has 0 aromatic heterocycles. The van der Waals surface area contributed by atoms with E-state index in [0.29, 0.717) is 0 Å². The van der Waals surface area contributed by atoms with Crippen LogP contribution in [0.25, 0.3) is 0 Å². The van der Waals surface area contributed by atoms with Crippen LogP contribution in [0, 0.1) is 12.1 Å². The fourth-order valence-corrected chi connectivity index (χ4v) is 0.684. The van der Waals surface area contributed by atoms with Crippen LogP contribution in [0.3, 0.4) is 0 Å². The Morgan fingerprint density at radius 3 is 0.800 bits per heavy atom. The van der Waals surface area contributed by atoms with Crippen molar-refractivity contribution in [1.29, 1.82) is 0 Å². The van der Waals surface area contributed by atoms with Crippen molar-refractivity contribution in [3.63, 3.8) is 0 Å². The molecule has 1 radical (unpaired) electrons. The third-order valence-corrected chi connectivity index (χ3v) is 1.21. The predicted octanol–water partition coefficient (Wildman–Crippen LogP) is -3.02. The van der Waals surface area contributed by atoms with Crippen molar-refractivity contribution in [2.75, 3.05) is 0 Å². The fourth-order valence-electron chi connectivity index (χ4n) is 0.684. The molecule has 0 aliphatic carbocycles. The normalized spacial score (nSPS) is 6.40. The first-order valence-electron chi connectivity index (χ1n) is 3.82. The summed E-state index contributed by atoms with van der Waals surface area (Å²) in [6.45, 7) is 0. The average molecular weight is 232 g/mol. The summed E-state index contributed by atoms with van der Waals surface area (Å²) in [5, 5.41) is 0. The summed E-state index contributed by atoms with van der Waals surface area (Å²) in [6, 6.07) is 25.0. The molecule has 0 atom stereocenters. The Bertz CT molecular complexity index is 189. The van der Waals surface area contributed by atoms with Gasteiger partial charge in [0.1, 0.15) is 0 Å². The van der Waals surface area contributed by atoms with Gasteiger partial charge in [0.2, 0.25) is 0 Å². The first-order chi connectivity index (χ1) is 6.00. The van der Waals surface area contributed by atoms with E-state index in [1.54, 1.807) is 0 Å². The van der Waals surface area contributed by atoms with Gasteiger partial charge in [-0.05, 0) is 0 Å². The number of rotatable bonds is 0. The third kappa shape index (κ3) is 14.2. The maximum atomic E-state index is 2.89. The molecule has 0 bridgehead atoms. The molecule has 0 saturated heterocycles. The van der Waals surface area contributed by atoms with Crippen LogP contribution in [0.5, 0.6) is 0 Å². The molecular weight excluding hydrogens is 222 g/mol. The Labute approximate surface area is 127 Å². The Morgan fingerprint density at radius 2 is 0.733 bits per heavy atom. The van der Waals surface area contributed by atoms with Crippen molar-refractivity contribution in [1.82, 2.24) is 0 Å². The summed E-state index contributed by atoms with van der Waals surface area (Å²) in [4.78, 5) is 0. The molecule has 2 aromatic carbocycles. The Hall–Kier alpha value is 0.154. The van der Waals surface area contributed by atoms with Gasteiger partial charge in [0.15, 0.2) is 0 Å². The van der Waals surface area contributed by atoms with Gasteiger partial charge in [-0.3, -0.25) is 0 Å². The van der Waals surface area contributed by atoms with E-state index >= 15 is 0 Å². The molecule has 2 aromatic rings. The van der Waals surface area contributed by atoms with Gasteiger partial charge < -0.3 is 0 Å². The number of benzene rings is 2. The molecule has 0 unspecified atom stereocenters.